The molecule has 1 unspecified atom stereocenters. The topological polar surface area (TPSA) is 55.8 Å². The first-order valence-corrected chi connectivity index (χ1v) is 6.35. The number of benzene rings is 2. The normalized spacial score (nSPS) is 17.2. The predicted octanol–water partition coefficient (Wildman–Crippen LogP) is 2.84. The molecule has 4 nitrogen and oxygen atoms in total. The zero-order valence-corrected chi connectivity index (χ0v) is 11.0. The molecule has 102 valence electrons. The lowest BCUT2D eigenvalue weighted by atomic mass is 9.86. The van der Waals surface area contributed by atoms with Crippen LogP contribution in [0.15, 0.2) is 42.5 Å². The van der Waals surface area contributed by atoms with Crippen molar-refractivity contribution in [1.29, 1.82) is 0 Å². The number of fused-ring (bicyclic) bond motifs is 1. The van der Waals surface area contributed by atoms with Gasteiger partial charge in [0.15, 0.2) is 11.5 Å². The summed E-state index contributed by atoms with van der Waals surface area (Å²) >= 11 is 0. The smallest absolute Gasteiger partial charge is 0.312 e. The molecule has 3 rings (SSSR count). The summed E-state index contributed by atoms with van der Waals surface area (Å²) in [5, 5.41) is 9.93. The van der Waals surface area contributed by atoms with E-state index in [1.165, 1.54) is 7.11 Å². The minimum atomic E-state index is -0.279. The summed E-state index contributed by atoms with van der Waals surface area (Å²) in [6, 6.07) is 12.9. The minimum absolute atomic E-state index is 0.0464. The molecule has 2 aromatic carbocycles. The highest BCUT2D eigenvalue weighted by atomic mass is 16.5. The van der Waals surface area contributed by atoms with E-state index in [0.717, 1.165) is 11.1 Å². The average molecular weight is 270 g/mol. The van der Waals surface area contributed by atoms with Crippen LogP contribution in [-0.2, 0) is 4.79 Å². The van der Waals surface area contributed by atoms with Gasteiger partial charge in [-0.25, -0.2) is 0 Å². The number of carbonyl (C=O) groups is 1. The maximum Gasteiger partial charge on any atom is 0.312 e. The van der Waals surface area contributed by atoms with E-state index in [9.17, 15) is 9.90 Å². The molecule has 1 aliphatic heterocycles. The summed E-state index contributed by atoms with van der Waals surface area (Å²) in [5.74, 6) is 0.406. The standard InChI is InChI=1S/C16H14O4/c1-19-15-9-14-12(7-13(15)17)11(8-16(18)20-14)10-5-3-2-4-6-10/h2-7,9,11,17H,8H2,1H3. The van der Waals surface area contributed by atoms with Crippen molar-refractivity contribution in [3.8, 4) is 17.2 Å². The monoisotopic (exact) mass is 270 g/mol. The minimum Gasteiger partial charge on any atom is -0.504 e. The van der Waals surface area contributed by atoms with E-state index in [-0.39, 0.29) is 24.1 Å². The maximum atomic E-state index is 11.8. The number of phenolic OH excluding ortho intramolecular Hbond substituents is 1. The summed E-state index contributed by atoms with van der Waals surface area (Å²) in [6.07, 6.45) is 0.267. The van der Waals surface area contributed by atoms with Gasteiger partial charge in [0.1, 0.15) is 5.75 Å². The number of methoxy groups -OCH3 is 1. The third-order valence-corrected chi connectivity index (χ3v) is 3.48. The van der Waals surface area contributed by atoms with Crippen LogP contribution in [0.4, 0.5) is 0 Å². The van der Waals surface area contributed by atoms with Crippen molar-refractivity contribution in [2.45, 2.75) is 12.3 Å². The van der Waals surface area contributed by atoms with Gasteiger partial charge in [0.05, 0.1) is 13.5 Å². The Morgan fingerprint density at radius 2 is 2.00 bits per heavy atom. The number of esters is 1. The predicted molar refractivity (Wildman–Crippen MR) is 73.2 cm³/mol. The molecule has 4 heteroatoms. The zero-order chi connectivity index (χ0) is 14.1. The number of hydrogen-bond donors (Lipinski definition) is 1. The van der Waals surface area contributed by atoms with Gasteiger partial charge in [-0.1, -0.05) is 30.3 Å². The summed E-state index contributed by atoms with van der Waals surface area (Å²) in [4.78, 5) is 11.8. The van der Waals surface area contributed by atoms with Gasteiger partial charge in [-0.3, -0.25) is 4.79 Å². The van der Waals surface area contributed by atoms with Crippen LogP contribution in [0.25, 0.3) is 0 Å². The van der Waals surface area contributed by atoms with Crippen molar-refractivity contribution in [2.24, 2.45) is 0 Å². The average Bonchev–Trinajstić information content (AvgIpc) is 2.47. The van der Waals surface area contributed by atoms with Gasteiger partial charge in [-0.05, 0) is 11.6 Å². The number of rotatable bonds is 2. The van der Waals surface area contributed by atoms with E-state index in [4.69, 9.17) is 9.47 Å². The molecule has 0 saturated heterocycles. The molecule has 1 heterocycles. The van der Waals surface area contributed by atoms with Crippen LogP contribution in [0.2, 0.25) is 0 Å². The van der Waals surface area contributed by atoms with Gasteiger partial charge in [-0.15, -0.1) is 0 Å². The van der Waals surface area contributed by atoms with Crippen LogP contribution in [0.1, 0.15) is 23.5 Å². The van der Waals surface area contributed by atoms with Gasteiger partial charge >= 0.3 is 5.97 Å². The molecule has 1 N–H and O–H groups in total. The maximum absolute atomic E-state index is 11.8. The zero-order valence-electron chi connectivity index (χ0n) is 11.0. The molecule has 0 amide bonds. The molecule has 2 aromatic rings. The van der Waals surface area contributed by atoms with E-state index >= 15 is 0 Å². The van der Waals surface area contributed by atoms with Crippen molar-refractivity contribution in [3.05, 3.63) is 53.6 Å². The number of hydrogen-bond acceptors (Lipinski definition) is 4. The van der Waals surface area contributed by atoms with Gasteiger partial charge in [0.2, 0.25) is 0 Å². The molecule has 1 atom stereocenters. The Bertz CT molecular complexity index is 649. The van der Waals surface area contributed by atoms with Crippen LogP contribution < -0.4 is 9.47 Å². The SMILES string of the molecule is COc1cc2c(cc1O)C(c1ccccc1)CC(=O)O2. The molecule has 20 heavy (non-hydrogen) atoms. The van der Waals surface area contributed by atoms with Crippen molar-refractivity contribution in [2.75, 3.05) is 7.11 Å². The Balaban J connectivity index is 2.12. The number of aromatic hydroxyl groups is 1. The lowest BCUT2D eigenvalue weighted by Gasteiger charge is -2.25. The highest BCUT2D eigenvalue weighted by Gasteiger charge is 2.29. The second kappa shape index (κ2) is 4.89. The fraction of sp³-hybridized carbons (Fsp3) is 0.188. The van der Waals surface area contributed by atoms with E-state index < -0.39 is 0 Å². The van der Waals surface area contributed by atoms with Gasteiger partial charge in [0.25, 0.3) is 0 Å². The van der Waals surface area contributed by atoms with Crippen LogP contribution in [0.5, 0.6) is 17.2 Å². The highest BCUT2D eigenvalue weighted by Crippen LogP contribution is 2.43. The molecule has 0 bridgehead atoms. The Morgan fingerprint density at radius 1 is 1.25 bits per heavy atom. The quantitative estimate of drug-likeness (QED) is 0.673. The molecule has 0 radical (unpaired) electrons. The molecule has 1 aliphatic rings. The van der Waals surface area contributed by atoms with Crippen molar-refractivity contribution < 1.29 is 19.4 Å². The van der Waals surface area contributed by atoms with Crippen LogP contribution in [0.3, 0.4) is 0 Å². The summed E-state index contributed by atoms with van der Waals surface area (Å²) in [6.45, 7) is 0. The Morgan fingerprint density at radius 3 is 2.70 bits per heavy atom. The molecular weight excluding hydrogens is 256 g/mol. The number of ether oxygens (including phenoxy) is 2. The summed E-state index contributed by atoms with van der Waals surface area (Å²) in [5.41, 5.74) is 1.82. The fourth-order valence-corrected chi connectivity index (χ4v) is 2.51. The van der Waals surface area contributed by atoms with Crippen molar-refractivity contribution in [3.63, 3.8) is 0 Å². The molecule has 0 aromatic heterocycles. The summed E-state index contributed by atoms with van der Waals surface area (Å²) < 4.78 is 10.3. The number of phenols is 1. The van der Waals surface area contributed by atoms with Gasteiger partial charge in [-0.2, -0.15) is 0 Å². The Kier molecular flexibility index (Phi) is 3.06. The van der Waals surface area contributed by atoms with Crippen LogP contribution in [-0.4, -0.2) is 18.2 Å². The first kappa shape index (κ1) is 12.5. The first-order valence-electron chi connectivity index (χ1n) is 6.35. The first-order chi connectivity index (χ1) is 9.69. The summed E-state index contributed by atoms with van der Waals surface area (Å²) in [7, 11) is 1.46. The van der Waals surface area contributed by atoms with Crippen molar-refractivity contribution in [1.82, 2.24) is 0 Å². The second-order valence-electron chi connectivity index (χ2n) is 4.70. The number of carbonyl (C=O) groups excluding carboxylic acids is 1. The molecule has 0 saturated carbocycles. The van der Waals surface area contributed by atoms with E-state index in [1.54, 1.807) is 12.1 Å². The van der Waals surface area contributed by atoms with Gasteiger partial charge < -0.3 is 14.6 Å². The lowest BCUT2D eigenvalue weighted by molar-refractivity contribution is -0.135. The highest BCUT2D eigenvalue weighted by molar-refractivity contribution is 5.78. The molecule has 0 fully saturated rings. The van der Waals surface area contributed by atoms with E-state index in [1.807, 2.05) is 30.3 Å². The largest absolute Gasteiger partial charge is 0.504 e. The van der Waals surface area contributed by atoms with Gasteiger partial charge in [0, 0.05) is 17.5 Å². The van der Waals surface area contributed by atoms with E-state index in [0.29, 0.717) is 11.5 Å². The third kappa shape index (κ3) is 2.09. The molecular formula is C16H14O4. The molecule has 0 aliphatic carbocycles. The Labute approximate surface area is 116 Å². The molecule has 0 spiro atoms. The second-order valence-corrected chi connectivity index (χ2v) is 4.70. The Hall–Kier alpha value is -2.49. The lowest BCUT2D eigenvalue weighted by Crippen LogP contribution is -2.21. The van der Waals surface area contributed by atoms with Crippen LogP contribution in [0, 0.1) is 0 Å². The third-order valence-electron chi connectivity index (χ3n) is 3.48. The fourth-order valence-electron chi connectivity index (χ4n) is 2.51. The van der Waals surface area contributed by atoms with Crippen LogP contribution >= 0.6 is 0 Å². The van der Waals surface area contributed by atoms with E-state index in [2.05, 4.69) is 0 Å². The van der Waals surface area contributed by atoms with Crippen molar-refractivity contribution >= 4 is 5.97 Å².